The zero-order valence-electron chi connectivity index (χ0n) is 11.3. The van der Waals surface area contributed by atoms with E-state index < -0.39 is 0 Å². The lowest BCUT2D eigenvalue weighted by molar-refractivity contribution is 0.0748. The van der Waals surface area contributed by atoms with Gasteiger partial charge in [0.1, 0.15) is 0 Å². The van der Waals surface area contributed by atoms with Gasteiger partial charge in [0, 0.05) is 13.1 Å². The fourth-order valence-corrected chi connectivity index (χ4v) is 2.60. The molecule has 0 fully saturated rings. The molecule has 102 valence electrons. The zero-order valence-corrected chi connectivity index (χ0v) is 11.3. The Balaban J connectivity index is 1.91. The third kappa shape index (κ3) is 1.99. The van der Waals surface area contributed by atoms with Gasteiger partial charge in [0.15, 0.2) is 5.75 Å². The maximum absolute atomic E-state index is 12.6. The molecular formula is C16H16N2O2. The third-order valence-corrected chi connectivity index (χ3v) is 3.61. The van der Waals surface area contributed by atoms with Gasteiger partial charge in [-0.15, -0.1) is 0 Å². The van der Waals surface area contributed by atoms with E-state index in [1.54, 1.807) is 18.2 Å². The van der Waals surface area contributed by atoms with Gasteiger partial charge in [-0.05, 0) is 23.3 Å². The molecule has 0 aromatic heterocycles. The molecule has 0 bridgehead atoms. The summed E-state index contributed by atoms with van der Waals surface area (Å²) < 4.78 is 5.26. The van der Waals surface area contributed by atoms with E-state index in [0.29, 0.717) is 30.1 Å². The van der Waals surface area contributed by atoms with Gasteiger partial charge in [0.05, 0.1) is 18.4 Å². The third-order valence-electron chi connectivity index (χ3n) is 3.61. The number of rotatable bonds is 2. The first-order valence-corrected chi connectivity index (χ1v) is 6.49. The highest BCUT2D eigenvalue weighted by atomic mass is 16.5. The molecule has 2 aromatic rings. The molecule has 0 spiro atoms. The summed E-state index contributed by atoms with van der Waals surface area (Å²) in [7, 11) is 1.53. The first kappa shape index (κ1) is 12.5. The fourth-order valence-electron chi connectivity index (χ4n) is 2.60. The first-order chi connectivity index (χ1) is 9.70. The van der Waals surface area contributed by atoms with Gasteiger partial charge < -0.3 is 15.4 Å². The van der Waals surface area contributed by atoms with Crippen molar-refractivity contribution >= 4 is 11.6 Å². The molecule has 4 heteroatoms. The van der Waals surface area contributed by atoms with E-state index in [4.69, 9.17) is 10.5 Å². The van der Waals surface area contributed by atoms with Crippen LogP contribution in [0.3, 0.4) is 0 Å². The van der Waals surface area contributed by atoms with E-state index in [2.05, 4.69) is 12.1 Å². The molecule has 2 N–H and O–H groups in total. The van der Waals surface area contributed by atoms with E-state index in [9.17, 15) is 4.79 Å². The van der Waals surface area contributed by atoms with Crippen molar-refractivity contribution in [1.82, 2.24) is 4.90 Å². The molecule has 1 aliphatic rings. The van der Waals surface area contributed by atoms with Crippen LogP contribution in [0.4, 0.5) is 5.69 Å². The number of nitrogens with two attached hydrogens (primary N) is 1. The van der Waals surface area contributed by atoms with E-state index in [1.807, 2.05) is 17.0 Å². The maximum atomic E-state index is 12.6. The molecule has 20 heavy (non-hydrogen) atoms. The Labute approximate surface area is 117 Å². The Morgan fingerprint density at radius 2 is 1.75 bits per heavy atom. The van der Waals surface area contributed by atoms with Crippen molar-refractivity contribution in [3.05, 3.63) is 59.2 Å². The number of carbonyl (C=O) groups excluding carboxylic acids is 1. The van der Waals surface area contributed by atoms with Crippen LogP contribution >= 0.6 is 0 Å². The number of amides is 1. The minimum Gasteiger partial charge on any atom is -0.494 e. The van der Waals surface area contributed by atoms with E-state index in [-0.39, 0.29) is 5.91 Å². The van der Waals surface area contributed by atoms with Crippen molar-refractivity contribution in [2.24, 2.45) is 0 Å². The van der Waals surface area contributed by atoms with Crippen molar-refractivity contribution < 1.29 is 9.53 Å². The maximum Gasteiger partial charge on any atom is 0.258 e. The number of nitrogen functional groups attached to an aromatic ring is 1. The number of anilines is 1. The average Bonchev–Trinajstić information content (AvgIpc) is 2.90. The highest BCUT2D eigenvalue weighted by molar-refractivity contribution is 5.98. The van der Waals surface area contributed by atoms with Crippen LogP contribution < -0.4 is 10.5 Å². The van der Waals surface area contributed by atoms with Crippen molar-refractivity contribution in [2.75, 3.05) is 12.8 Å². The van der Waals surface area contributed by atoms with Gasteiger partial charge in [0.25, 0.3) is 5.91 Å². The van der Waals surface area contributed by atoms with Crippen LogP contribution in [-0.4, -0.2) is 17.9 Å². The monoisotopic (exact) mass is 268 g/mol. The largest absolute Gasteiger partial charge is 0.494 e. The second-order valence-corrected chi connectivity index (χ2v) is 4.86. The van der Waals surface area contributed by atoms with Crippen LogP contribution in [0.15, 0.2) is 42.5 Å². The number of methoxy groups -OCH3 is 1. The molecular weight excluding hydrogens is 252 g/mol. The lowest BCUT2D eigenvalue weighted by Gasteiger charge is -2.18. The number of nitrogens with zero attached hydrogens (tertiary/aromatic N) is 1. The average molecular weight is 268 g/mol. The minimum absolute atomic E-state index is 0.0506. The number of para-hydroxylation sites is 1. The number of carbonyl (C=O) groups is 1. The Morgan fingerprint density at radius 3 is 2.35 bits per heavy atom. The second kappa shape index (κ2) is 4.89. The predicted octanol–water partition coefficient (Wildman–Crippen LogP) is 2.43. The van der Waals surface area contributed by atoms with Crippen LogP contribution in [0.2, 0.25) is 0 Å². The molecule has 0 aliphatic carbocycles. The molecule has 1 heterocycles. The fraction of sp³-hybridized carbons (Fsp3) is 0.188. The van der Waals surface area contributed by atoms with Crippen LogP contribution in [0.5, 0.6) is 5.75 Å². The molecule has 1 aliphatic heterocycles. The Bertz CT molecular complexity index is 642. The lowest BCUT2D eigenvalue weighted by Crippen LogP contribution is -2.26. The molecule has 1 amide bonds. The summed E-state index contributed by atoms with van der Waals surface area (Å²) in [6.45, 7) is 1.26. The quantitative estimate of drug-likeness (QED) is 0.851. The summed E-state index contributed by atoms with van der Waals surface area (Å²) in [5.74, 6) is 0.402. The van der Waals surface area contributed by atoms with Gasteiger partial charge in [-0.25, -0.2) is 0 Å². The van der Waals surface area contributed by atoms with Gasteiger partial charge in [-0.2, -0.15) is 0 Å². The number of fused-ring (bicyclic) bond motifs is 1. The smallest absolute Gasteiger partial charge is 0.258 e. The van der Waals surface area contributed by atoms with Crippen LogP contribution in [-0.2, 0) is 13.1 Å². The van der Waals surface area contributed by atoms with Crippen LogP contribution in [0.1, 0.15) is 21.5 Å². The Hall–Kier alpha value is -2.49. The van der Waals surface area contributed by atoms with Crippen molar-refractivity contribution in [3.8, 4) is 5.75 Å². The minimum atomic E-state index is -0.0506. The highest BCUT2D eigenvalue weighted by Crippen LogP contribution is 2.30. The number of benzene rings is 2. The molecule has 0 atom stereocenters. The molecule has 0 unspecified atom stereocenters. The predicted molar refractivity (Wildman–Crippen MR) is 77.4 cm³/mol. The Morgan fingerprint density at radius 1 is 1.10 bits per heavy atom. The van der Waals surface area contributed by atoms with Gasteiger partial charge in [0.2, 0.25) is 0 Å². The van der Waals surface area contributed by atoms with E-state index in [0.717, 1.165) is 0 Å². The van der Waals surface area contributed by atoms with Crippen LogP contribution in [0.25, 0.3) is 0 Å². The first-order valence-electron chi connectivity index (χ1n) is 6.49. The second-order valence-electron chi connectivity index (χ2n) is 4.86. The van der Waals surface area contributed by atoms with Gasteiger partial charge in [-0.3, -0.25) is 4.79 Å². The summed E-state index contributed by atoms with van der Waals surface area (Å²) in [6, 6.07) is 13.4. The number of ether oxygens (including phenoxy) is 1. The van der Waals surface area contributed by atoms with Crippen molar-refractivity contribution in [3.63, 3.8) is 0 Å². The summed E-state index contributed by atoms with van der Waals surface area (Å²) in [5, 5.41) is 0. The van der Waals surface area contributed by atoms with Crippen molar-refractivity contribution in [1.29, 1.82) is 0 Å². The highest BCUT2D eigenvalue weighted by Gasteiger charge is 2.26. The molecule has 3 rings (SSSR count). The number of hydrogen-bond acceptors (Lipinski definition) is 3. The molecule has 4 nitrogen and oxygen atoms in total. The topological polar surface area (TPSA) is 55.6 Å². The standard InChI is InChI=1S/C16H16N2O2/c1-20-15-13(7-4-8-14(15)17)16(19)18-9-11-5-2-3-6-12(11)10-18/h2-8H,9-10,17H2,1H3. The summed E-state index contributed by atoms with van der Waals surface area (Å²) in [5.41, 5.74) is 9.25. The van der Waals surface area contributed by atoms with Gasteiger partial charge in [-0.1, -0.05) is 30.3 Å². The van der Waals surface area contributed by atoms with Crippen LogP contribution in [0, 0.1) is 0 Å². The molecule has 0 radical (unpaired) electrons. The summed E-state index contributed by atoms with van der Waals surface area (Å²) in [6.07, 6.45) is 0. The molecule has 2 aromatic carbocycles. The summed E-state index contributed by atoms with van der Waals surface area (Å²) >= 11 is 0. The Kier molecular flexibility index (Phi) is 3.06. The van der Waals surface area contributed by atoms with E-state index in [1.165, 1.54) is 18.2 Å². The van der Waals surface area contributed by atoms with Gasteiger partial charge >= 0.3 is 0 Å². The normalized spacial score (nSPS) is 13.2. The lowest BCUT2D eigenvalue weighted by atomic mass is 10.1. The van der Waals surface area contributed by atoms with E-state index >= 15 is 0 Å². The number of hydrogen-bond donors (Lipinski definition) is 1. The molecule has 0 saturated heterocycles. The summed E-state index contributed by atoms with van der Waals surface area (Å²) in [4.78, 5) is 14.4. The molecule has 0 saturated carbocycles. The van der Waals surface area contributed by atoms with Crippen molar-refractivity contribution in [2.45, 2.75) is 13.1 Å². The zero-order chi connectivity index (χ0) is 14.1. The SMILES string of the molecule is COc1c(N)cccc1C(=O)N1Cc2ccccc2C1.